The monoisotopic (exact) mass is 320 g/mol. The third-order valence-corrected chi connectivity index (χ3v) is 4.43. The minimum absolute atomic E-state index is 0.622. The lowest BCUT2D eigenvalue weighted by atomic mass is 10.0. The van der Waals surface area contributed by atoms with Gasteiger partial charge in [0.2, 0.25) is 5.88 Å². The minimum Gasteiger partial charge on any atom is -0.478 e. The highest BCUT2D eigenvalue weighted by molar-refractivity contribution is 5.81. The van der Waals surface area contributed by atoms with Crippen LogP contribution >= 0.6 is 0 Å². The van der Waals surface area contributed by atoms with Crippen molar-refractivity contribution in [2.45, 2.75) is 26.4 Å². The van der Waals surface area contributed by atoms with Crippen molar-refractivity contribution in [2.75, 3.05) is 13.2 Å². The lowest BCUT2D eigenvalue weighted by Gasteiger charge is -2.29. The summed E-state index contributed by atoms with van der Waals surface area (Å²) in [5.74, 6) is 0.725. The Kier molecular flexibility index (Phi) is 4.09. The van der Waals surface area contributed by atoms with Crippen molar-refractivity contribution in [1.82, 2.24) is 19.9 Å². The maximum atomic E-state index is 5.68. The molecule has 0 amide bonds. The molecule has 0 saturated carbocycles. The molecule has 4 rings (SSSR count). The fraction of sp³-hybridized carbons (Fsp3) is 0.316. The van der Waals surface area contributed by atoms with Gasteiger partial charge in [-0.3, -0.25) is 9.88 Å². The zero-order valence-corrected chi connectivity index (χ0v) is 13.8. The summed E-state index contributed by atoms with van der Waals surface area (Å²) in [6.45, 7) is 5.27. The molecule has 0 atom stereocenters. The van der Waals surface area contributed by atoms with Gasteiger partial charge in [0, 0.05) is 43.2 Å². The van der Waals surface area contributed by atoms with Crippen molar-refractivity contribution < 1.29 is 4.74 Å². The Bertz CT molecular complexity index is 860. The summed E-state index contributed by atoms with van der Waals surface area (Å²) in [6.07, 6.45) is 4.39. The Morgan fingerprint density at radius 3 is 2.96 bits per heavy atom. The van der Waals surface area contributed by atoms with Gasteiger partial charge in [-0.1, -0.05) is 24.3 Å². The van der Waals surface area contributed by atoms with Crippen LogP contribution in [0.25, 0.3) is 10.9 Å². The van der Waals surface area contributed by atoms with E-state index in [9.17, 15) is 0 Å². The third-order valence-electron chi connectivity index (χ3n) is 4.43. The van der Waals surface area contributed by atoms with Crippen molar-refractivity contribution >= 4 is 10.9 Å². The number of pyridine rings is 1. The molecule has 5 heteroatoms. The van der Waals surface area contributed by atoms with Crippen LogP contribution in [0.2, 0.25) is 0 Å². The second-order valence-electron chi connectivity index (χ2n) is 5.99. The van der Waals surface area contributed by atoms with Gasteiger partial charge in [-0.2, -0.15) is 0 Å². The molecule has 2 aromatic heterocycles. The number of aromatic nitrogens is 3. The van der Waals surface area contributed by atoms with Crippen molar-refractivity contribution in [2.24, 2.45) is 0 Å². The number of nitrogens with zero attached hydrogens (tertiary/aromatic N) is 4. The number of hydrogen-bond acceptors (Lipinski definition) is 5. The average molecular weight is 320 g/mol. The van der Waals surface area contributed by atoms with Crippen LogP contribution in [0.15, 0.2) is 42.9 Å². The molecular formula is C19H20N4O. The summed E-state index contributed by atoms with van der Waals surface area (Å²) in [4.78, 5) is 15.7. The zero-order valence-electron chi connectivity index (χ0n) is 13.8. The summed E-state index contributed by atoms with van der Waals surface area (Å²) in [7, 11) is 0. The van der Waals surface area contributed by atoms with Gasteiger partial charge in [-0.15, -0.1) is 0 Å². The Hall–Kier alpha value is -2.53. The zero-order chi connectivity index (χ0) is 16.4. The van der Waals surface area contributed by atoms with E-state index in [0.29, 0.717) is 6.61 Å². The van der Waals surface area contributed by atoms with Gasteiger partial charge >= 0.3 is 0 Å². The van der Waals surface area contributed by atoms with Crippen molar-refractivity contribution in [1.29, 1.82) is 0 Å². The predicted octanol–water partition coefficient (Wildman–Crippen LogP) is 2.98. The number of rotatable bonds is 4. The second kappa shape index (κ2) is 6.53. The first kappa shape index (κ1) is 15.0. The standard InChI is InChI=1S/C19H20N4O/c1-2-24-19-16-12-23(10-8-17(16)21-13-22-19)11-15-6-3-5-14-7-4-9-20-18(14)15/h3-7,9,13H,2,8,10-12H2,1H3. The first-order valence-corrected chi connectivity index (χ1v) is 8.35. The Labute approximate surface area is 141 Å². The molecule has 0 fully saturated rings. The first-order chi connectivity index (χ1) is 11.8. The fourth-order valence-electron chi connectivity index (χ4n) is 3.30. The molecule has 0 saturated heterocycles. The van der Waals surface area contributed by atoms with Crippen LogP contribution in [0.3, 0.4) is 0 Å². The molecule has 1 aromatic carbocycles. The van der Waals surface area contributed by atoms with Crippen molar-refractivity contribution in [3.05, 3.63) is 59.7 Å². The number of fused-ring (bicyclic) bond motifs is 2. The highest BCUT2D eigenvalue weighted by Gasteiger charge is 2.22. The highest BCUT2D eigenvalue weighted by Crippen LogP contribution is 2.26. The van der Waals surface area contributed by atoms with Crippen LogP contribution in [0, 0.1) is 0 Å². The molecule has 3 aromatic rings. The molecular weight excluding hydrogens is 300 g/mol. The number of hydrogen-bond donors (Lipinski definition) is 0. The molecule has 122 valence electrons. The van der Waals surface area contributed by atoms with Gasteiger partial charge < -0.3 is 4.74 Å². The highest BCUT2D eigenvalue weighted by atomic mass is 16.5. The van der Waals surface area contributed by atoms with E-state index in [1.54, 1.807) is 6.33 Å². The molecule has 0 aliphatic carbocycles. The normalized spacial score (nSPS) is 14.5. The minimum atomic E-state index is 0.622. The van der Waals surface area contributed by atoms with Gasteiger partial charge in [-0.25, -0.2) is 9.97 Å². The molecule has 5 nitrogen and oxygen atoms in total. The molecule has 1 aliphatic rings. The summed E-state index contributed by atoms with van der Waals surface area (Å²) >= 11 is 0. The van der Waals surface area contributed by atoms with Crippen LogP contribution in [0.4, 0.5) is 0 Å². The fourth-order valence-corrected chi connectivity index (χ4v) is 3.30. The molecule has 1 aliphatic heterocycles. The summed E-state index contributed by atoms with van der Waals surface area (Å²) < 4.78 is 5.68. The van der Waals surface area contributed by atoms with Crippen LogP contribution in [0.1, 0.15) is 23.7 Å². The number of ether oxygens (including phenoxy) is 1. The quantitative estimate of drug-likeness (QED) is 0.740. The maximum Gasteiger partial charge on any atom is 0.221 e. The van der Waals surface area contributed by atoms with Crippen LogP contribution < -0.4 is 4.74 Å². The third kappa shape index (κ3) is 2.83. The molecule has 3 heterocycles. The summed E-state index contributed by atoms with van der Waals surface area (Å²) in [5, 5.41) is 1.19. The number of benzene rings is 1. The van der Waals surface area contributed by atoms with E-state index in [1.807, 2.05) is 19.2 Å². The largest absolute Gasteiger partial charge is 0.478 e. The number of para-hydroxylation sites is 1. The van der Waals surface area contributed by atoms with E-state index in [0.717, 1.165) is 48.7 Å². The smallest absolute Gasteiger partial charge is 0.221 e. The molecule has 24 heavy (non-hydrogen) atoms. The summed E-state index contributed by atoms with van der Waals surface area (Å²) in [5.41, 5.74) is 4.58. The van der Waals surface area contributed by atoms with Crippen LogP contribution in [-0.4, -0.2) is 33.0 Å². The van der Waals surface area contributed by atoms with Gasteiger partial charge in [0.1, 0.15) is 6.33 Å². The van der Waals surface area contributed by atoms with Crippen molar-refractivity contribution in [3.8, 4) is 5.88 Å². The molecule has 0 N–H and O–H groups in total. The van der Waals surface area contributed by atoms with Gasteiger partial charge in [0.05, 0.1) is 17.8 Å². The SMILES string of the molecule is CCOc1ncnc2c1CN(Cc1cccc3cccnc13)CC2. The van der Waals surface area contributed by atoms with E-state index in [1.165, 1.54) is 10.9 Å². The first-order valence-electron chi connectivity index (χ1n) is 8.35. The van der Waals surface area contributed by atoms with Gasteiger partial charge in [-0.05, 0) is 18.6 Å². The van der Waals surface area contributed by atoms with E-state index in [-0.39, 0.29) is 0 Å². The van der Waals surface area contributed by atoms with E-state index >= 15 is 0 Å². The van der Waals surface area contributed by atoms with E-state index in [2.05, 4.69) is 44.1 Å². The Balaban J connectivity index is 1.61. The Morgan fingerprint density at radius 1 is 1.12 bits per heavy atom. The maximum absolute atomic E-state index is 5.68. The predicted molar refractivity (Wildman–Crippen MR) is 92.8 cm³/mol. The summed E-state index contributed by atoms with van der Waals surface area (Å²) in [6, 6.07) is 10.5. The molecule has 0 unspecified atom stereocenters. The van der Waals surface area contributed by atoms with Gasteiger partial charge in [0.15, 0.2) is 0 Å². The van der Waals surface area contributed by atoms with Crippen LogP contribution in [-0.2, 0) is 19.5 Å². The topological polar surface area (TPSA) is 51.1 Å². The van der Waals surface area contributed by atoms with Crippen molar-refractivity contribution in [3.63, 3.8) is 0 Å². The Morgan fingerprint density at radius 2 is 2.04 bits per heavy atom. The van der Waals surface area contributed by atoms with Crippen LogP contribution in [0.5, 0.6) is 5.88 Å². The molecule has 0 bridgehead atoms. The van der Waals surface area contributed by atoms with Gasteiger partial charge in [0.25, 0.3) is 0 Å². The second-order valence-corrected chi connectivity index (χ2v) is 5.99. The lowest BCUT2D eigenvalue weighted by molar-refractivity contribution is 0.232. The lowest BCUT2D eigenvalue weighted by Crippen LogP contribution is -2.31. The molecule has 0 radical (unpaired) electrons. The van der Waals surface area contributed by atoms with E-state index < -0.39 is 0 Å². The molecule has 0 spiro atoms. The average Bonchev–Trinajstić information content (AvgIpc) is 2.63. The van der Waals surface area contributed by atoms with E-state index in [4.69, 9.17) is 4.74 Å².